The summed E-state index contributed by atoms with van der Waals surface area (Å²) in [5.41, 5.74) is 0.464. The van der Waals surface area contributed by atoms with Gasteiger partial charge >= 0.3 is 7.12 Å². The predicted molar refractivity (Wildman–Crippen MR) is 122 cm³/mol. The number of hydrogen-bond donors (Lipinski definition) is 0. The van der Waals surface area contributed by atoms with Crippen molar-refractivity contribution in [2.75, 3.05) is 13.2 Å². The van der Waals surface area contributed by atoms with Crippen molar-refractivity contribution in [3.05, 3.63) is 23.7 Å². The standard InChI is InChI=1S/C23H41BO4Si/c1-20(2,3)29(8,9)28-23(19-13-16-25-17-19)14-10-11-18(23)12-15-24-26-21(4,5)22(6,7)27-24/h12-13,15,18H,10-11,14,16-17H2,1-9H3/b15-12+/t18-,23+/m1/s1. The highest BCUT2D eigenvalue weighted by Crippen LogP contribution is 2.51. The Morgan fingerprint density at radius 1 is 1.14 bits per heavy atom. The van der Waals surface area contributed by atoms with Crippen molar-refractivity contribution in [1.29, 1.82) is 0 Å². The van der Waals surface area contributed by atoms with Gasteiger partial charge in [0, 0.05) is 5.92 Å². The van der Waals surface area contributed by atoms with Gasteiger partial charge < -0.3 is 18.5 Å². The van der Waals surface area contributed by atoms with Crippen LogP contribution in [0.5, 0.6) is 0 Å². The van der Waals surface area contributed by atoms with E-state index in [1.165, 1.54) is 12.0 Å². The molecule has 1 aliphatic carbocycles. The van der Waals surface area contributed by atoms with E-state index in [9.17, 15) is 0 Å². The Kier molecular flexibility index (Phi) is 6.12. The van der Waals surface area contributed by atoms with Crippen LogP contribution in [0, 0.1) is 5.92 Å². The van der Waals surface area contributed by atoms with Gasteiger partial charge in [0.05, 0.1) is 30.0 Å². The average molecular weight is 420 g/mol. The van der Waals surface area contributed by atoms with Crippen molar-refractivity contribution in [3.63, 3.8) is 0 Å². The van der Waals surface area contributed by atoms with Crippen molar-refractivity contribution >= 4 is 15.4 Å². The van der Waals surface area contributed by atoms with Crippen LogP contribution in [0.25, 0.3) is 0 Å². The van der Waals surface area contributed by atoms with Gasteiger partial charge in [-0.15, -0.1) is 0 Å². The molecule has 0 aromatic heterocycles. The van der Waals surface area contributed by atoms with Gasteiger partial charge in [0.2, 0.25) is 0 Å². The topological polar surface area (TPSA) is 36.9 Å². The third-order valence-electron chi connectivity index (χ3n) is 7.93. The fourth-order valence-corrected chi connectivity index (χ4v) is 5.93. The van der Waals surface area contributed by atoms with Crippen molar-refractivity contribution in [2.24, 2.45) is 5.92 Å². The number of rotatable bonds is 5. The number of ether oxygens (including phenoxy) is 1. The monoisotopic (exact) mass is 420 g/mol. The molecule has 0 N–H and O–H groups in total. The van der Waals surface area contributed by atoms with E-state index in [4.69, 9.17) is 18.5 Å². The minimum absolute atomic E-state index is 0.169. The van der Waals surface area contributed by atoms with Gasteiger partial charge in [-0.25, -0.2) is 0 Å². The van der Waals surface area contributed by atoms with Gasteiger partial charge in [0.25, 0.3) is 0 Å². The zero-order chi connectivity index (χ0) is 21.7. The molecular formula is C23H41BO4Si. The Hall–Kier alpha value is -0.398. The largest absolute Gasteiger partial charge is 0.486 e. The lowest BCUT2D eigenvalue weighted by molar-refractivity contribution is 0.00578. The van der Waals surface area contributed by atoms with E-state index < -0.39 is 8.32 Å². The lowest BCUT2D eigenvalue weighted by Gasteiger charge is -2.47. The summed E-state index contributed by atoms with van der Waals surface area (Å²) in [5.74, 6) is 2.44. The highest BCUT2D eigenvalue weighted by molar-refractivity contribution is 6.74. The van der Waals surface area contributed by atoms with Crippen molar-refractivity contribution in [1.82, 2.24) is 0 Å². The van der Waals surface area contributed by atoms with Crippen molar-refractivity contribution in [3.8, 4) is 0 Å². The van der Waals surface area contributed by atoms with Crippen LogP contribution in [-0.4, -0.2) is 45.5 Å². The first-order chi connectivity index (χ1) is 13.2. The van der Waals surface area contributed by atoms with E-state index in [1.54, 1.807) is 0 Å². The molecule has 2 aliphatic heterocycles. The molecule has 6 heteroatoms. The molecule has 164 valence electrons. The molecule has 0 bridgehead atoms. The molecule has 2 heterocycles. The summed E-state index contributed by atoms with van der Waals surface area (Å²) in [5, 5.41) is 0.169. The van der Waals surface area contributed by atoms with Gasteiger partial charge in [-0.3, -0.25) is 0 Å². The van der Waals surface area contributed by atoms with E-state index in [-0.39, 0.29) is 29.0 Å². The van der Waals surface area contributed by atoms with Gasteiger partial charge in [-0.05, 0) is 70.7 Å². The highest BCUT2D eigenvalue weighted by Gasteiger charge is 2.53. The van der Waals surface area contributed by atoms with Crippen LogP contribution in [0.3, 0.4) is 0 Å². The van der Waals surface area contributed by atoms with Crippen LogP contribution in [0.15, 0.2) is 23.7 Å². The fraction of sp³-hybridized carbons (Fsp3) is 0.826. The summed E-state index contributed by atoms with van der Waals surface area (Å²) in [4.78, 5) is 0. The van der Waals surface area contributed by atoms with Crippen LogP contribution < -0.4 is 0 Å². The molecule has 2 fully saturated rings. The maximum absolute atomic E-state index is 7.20. The molecule has 3 rings (SSSR count). The van der Waals surface area contributed by atoms with Gasteiger partial charge in [-0.1, -0.05) is 38.9 Å². The maximum atomic E-state index is 7.20. The molecule has 0 amide bonds. The molecule has 1 saturated heterocycles. The fourth-order valence-electron chi connectivity index (χ4n) is 4.33. The van der Waals surface area contributed by atoms with Crippen LogP contribution in [0.1, 0.15) is 67.7 Å². The molecule has 0 aromatic carbocycles. The third-order valence-corrected chi connectivity index (χ3v) is 12.4. The zero-order valence-corrected chi connectivity index (χ0v) is 21.1. The molecule has 0 spiro atoms. The lowest BCUT2D eigenvalue weighted by Crippen LogP contribution is -2.52. The van der Waals surface area contributed by atoms with Crippen LogP contribution in [-0.2, 0) is 18.5 Å². The average Bonchev–Trinajstić information content (AvgIpc) is 3.24. The summed E-state index contributed by atoms with van der Waals surface area (Å²) in [6, 6.07) is 0. The number of hydrogen-bond acceptors (Lipinski definition) is 4. The van der Waals surface area contributed by atoms with E-state index >= 15 is 0 Å². The summed E-state index contributed by atoms with van der Waals surface area (Å²) in [6.45, 7) is 21.5. The molecule has 0 unspecified atom stereocenters. The summed E-state index contributed by atoms with van der Waals surface area (Å²) in [7, 11) is -2.26. The quantitative estimate of drug-likeness (QED) is 0.423. The van der Waals surface area contributed by atoms with Crippen LogP contribution in [0.2, 0.25) is 18.1 Å². The van der Waals surface area contributed by atoms with Gasteiger partial charge in [-0.2, -0.15) is 0 Å². The Morgan fingerprint density at radius 3 is 2.28 bits per heavy atom. The Labute approximate surface area is 179 Å². The minimum atomic E-state index is -1.95. The van der Waals surface area contributed by atoms with E-state index in [2.05, 4.69) is 79.7 Å². The molecule has 0 aromatic rings. The molecule has 29 heavy (non-hydrogen) atoms. The van der Waals surface area contributed by atoms with Crippen molar-refractivity contribution < 1.29 is 18.5 Å². The first-order valence-corrected chi connectivity index (χ1v) is 14.1. The second-order valence-corrected chi connectivity index (χ2v) is 16.2. The first kappa shape index (κ1) is 23.3. The Balaban J connectivity index is 1.87. The maximum Gasteiger partial charge on any atom is 0.486 e. The normalized spacial score (nSPS) is 32.4. The third kappa shape index (κ3) is 4.34. The summed E-state index contributed by atoms with van der Waals surface area (Å²) in [6.07, 6.45) is 7.93. The molecule has 3 aliphatic rings. The Bertz CT molecular complexity index is 661. The molecule has 0 radical (unpaired) electrons. The van der Waals surface area contributed by atoms with Crippen LogP contribution >= 0.6 is 0 Å². The highest BCUT2D eigenvalue weighted by atomic mass is 28.4. The van der Waals surface area contributed by atoms with Gasteiger partial charge in [0.1, 0.15) is 0 Å². The van der Waals surface area contributed by atoms with Gasteiger partial charge in [0.15, 0.2) is 8.32 Å². The Morgan fingerprint density at radius 2 is 1.76 bits per heavy atom. The minimum Gasteiger partial charge on any atom is -0.407 e. The smallest absolute Gasteiger partial charge is 0.407 e. The second-order valence-electron chi connectivity index (χ2n) is 11.5. The zero-order valence-electron chi connectivity index (χ0n) is 20.1. The molecule has 4 nitrogen and oxygen atoms in total. The van der Waals surface area contributed by atoms with Crippen molar-refractivity contribution in [2.45, 2.75) is 103 Å². The van der Waals surface area contributed by atoms with E-state index in [0.717, 1.165) is 12.8 Å². The molecule has 2 atom stereocenters. The molecule has 1 saturated carbocycles. The van der Waals surface area contributed by atoms with E-state index in [0.29, 0.717) is 19.1 Å². The lowest BCUT2D eigenvalue weighted by atomic mass is 9.80. The SMILES string of the molecule is CC1(C)OB(/C=C/[C@H]2CCC[C@@]2(O[Si](C)(C)C(C)(C)C)C2=CCOC2)OC1(C)C. The predicted octanol–water partition coefficient (Wildman–Crippen LogP) is 5.69. The second kappa shape index (κ2) is 7.63. The first-order valence-electron chi connectivity index (χ1n) is 11.2. The summed E-state index contributed by atoms with van der Waals surface area (Å²) < 4.78 is 25.3. The van der Waals surface area contributed by atoms with Crippen LogP contribution in [0.4, 0.5) is 0 Å². The molecular weight excluding hydrogens is 379 g/mol. The van der Waals surface area contributed by atoms with E-state index in [1.807, 2.05) is 0 Å². The summed E-state index contributed by atoms with van der Waals surface area (Å²) >= 11 is 0.